The molecule has 1 aliphatic carbocycles. The molecule has 0 aromatic heterocycles. The molecule has 180 valence electrons. The lowest BCUT2D eigenvalue weighted by molar-refractivity contribution is -0.110. The third kappa shape index (κ3) is 4.99. The molecule has 11 heteroatoms. The summed E-state index contributed by atoms with van der Waals surface area (Å²) in [6, 6.07) is 5.40. The zero-order valence-electron chi connectivity index (χ0n) is 18.9. The number of nitrogens with zero attached hydrogens (tertiary/aromatic N) is 2. The lowest BCUT2D eigenvalue weighted by Crippen LogP contribution is -2.47. The smallest absolute Gasteiger partial charge is 0.290 e. The standard InChI is InChI=1S/C22H30N4O5S2/c1-3-26-32(28,29)13-18(14-33(26,30)31)17-9-10-20(19(11-17)16-7-5-4-6-8-16)25-22(27)21-23-12-15(2)24-21/h7,9-11,15,18H,3-6,8,12-14H2,1-2H3,(H,23,24)(H,25,27). The second kappa shape index (κ2) is 9.19. The number of carbonyl (C=O) groups is 1. The lowest BCUT2D eigenvalue weighted by Gasteiger charge is -2.31. The predicted octanol–water partition coefficient (Wildman–Crippen LogP) is 2.05. The Morgan fingerprint density at radius 1 is 1.18 bits per heavy atom. The van der Waals surface area contributed by atoms with Gasteiger partial charge in [0.1, 0.15) is 0 Å². The minimum atomic E-state index is -3.92. The number of benzene rings is 1. The summed E-state index contributed by atoms with van der Waals surface area (Å²) in [6.45, 7) is 3.91. The third-order valence-electron chi connectivity index (χ3n) is 6.22. The summed E-state index contributed by atoms with van der Waals surface area (Å²) in [4.78, 5) is 17.0. The van der Waals surface area contributed by atoms with Crippen molar-refractivity contribution in [2.75, 3.05) is 29.9 Å². The Labute approximate surface area is 195 Å². The summed E-state index contributed by atoms with van der Waals surface area (Å²) in [5.41, 5.74) is 3.13. The molecule has 33 heavy (non-hydrogen) atoms. The Morgan fingerprint density at radius 3 is 2.48 bits per heavy atom. The van der Waals surface area contributed by atoms with Crippen LogP contribution in [0.2, 0.25) is 0 Å². The first-order valence-corrected chi connectivity index (χ1v) is 14.5. The first kappa shape index (κ1) is 23.9. The van der Waals surface area contributed by atoms with Crippen LogP contribution in [0.5, 0.6) is 0 Å². The molecule has 0 bridgehead atoms. The van der Waals surface area contributed by atoms with E-state index in [0.29, 0.717) is 27.3 Å². The molecule has 1 aromatic rings. The van der Waals surface area contributed by atoms with E-state index in [-0.39, 0.29) is 30.0 Å². The quantitative estimate of drug-likeness (QED) is 0.645. The second-order valence-electron chi connectivity index (χ2n) is 8.81. The van der Waals surface area contributed by atoms with E-state index in [4.69, 9.17) is 0 Å². The Hall–Kier alpha value is -2.24. The third-order valence-corrected chi connectivity index (χ3v) is 11.0. The highest BCUT2D eigenvalue weighted by Gasteiger charge is 2.42. The fraction of sp³-hybridized carbons (Fsp3) is 0.545. The molecule has 2 N–H and O–H groups in total. The molecule has 1 saturated heterocycles. The van der Waals surface area contributed by atoms with Gasteiger partial charge in [0, 0.05) is 29.8 Å². The van der Waals surface area contributed by atoms with Crippen LogP contribution < -0.4 is 10.6 Å². The van der Waals surface area contributed by atoms with Crippen molar-refractivity contribution in [1.82, 2.24) is 9.03 Å². The number of carbonyl (C=O) groups excluding carboxylic acids is 1. The number of allylic oxidation sites excluding steroid dienone is 2. The number of hydrogen-bond donors (Lipinski definition) is 2. The van der Waals surface area contributed by atoms with E-state index in [0.717, 1.165) is 36.8 Å². The first-order valence-electron chi connectivity index (χ1n) is 11.3. The van der Waals surface area contributed by atoms with E-state index in [1.807, 2.05) is 13.0 Å². The van der Waals surface area contributed by atoms with E-state index in [1.54, 1.807) is 12.1 Å². The van der Waals surface area contributed by atoms with Crippen LogP contribution in [0.15, 0.2) is 29.3 Å². The number of amidine groups is 1. The summed E-state index contributed by atoms with van der Waals surface area (Å²) < 4.78 is 51.2. The molecule has 2 heterocycles. The summed E-state index contributed by atoms with van der Waals surface area (Å²) in [7, 11) is -7.85. The van der Waals surface area contributed by atoms with Gasteiger partial charge in [-0.2, -0.15) is 0 Å². The van der Waals surface area contributed by atoms with Gasteiger partial charge in [0.2, 0.25) is 20.0 Å². The van der Waals surface area contributed by atoms with Crippen molar-refractivity contribution in [3.8, 4) is 0 Å². The average Bonchev–Trinajstić information content (AvgIpc) is 3.19. The van der Waals surface area contributed by atoms with Gasteiger partial charge in [-0.15, -0.1) is 0 Å². The minimum Gasteiger partial charge on any atom is -0.361 e. The Morgan fingerprint density at radius 2 is 1.91 bits per heavy atom. The van der Waals surface area contributed by atoms with Gasteiger partial charge < -0.3 is 10.6 Å². The van der Waals surface area contributed by atoms with E-state index in [9.17, 15) is 21.6 Å². The summed E-state index contributed by atoms with van der Waals surface area (Å²) in [5.74, 6) is -1.23. The molecule has 9 nitrogen and oxygen atoms in total. The molecule has 0 radical (unpaired) electrons. The normalized spacial score (nSPS) is 25.1. The second-order valence-corrected chi connectivity index (χ2v) is 12.9. The molecule has 1 aromatic carbocycles. The Kier molecular flexibility index (Phi) is 6.66. The molecule has 0 saturated carbocycles. The van der Waals surface area contributed by atoms with Crippen molar-refractivity contribution in [3.63, 3.8) is 0 Å². The van der Waals surface area contributed by atoms with E-state index < -0.39 is 26.0 Å². The minimum absolute atomic E-state index is 0.100. The maximum absolute atomic E-state index is 12.7. The number of sulfonamides is 2. The highest BCUT2D eigenvalue weighted by Crippen LogP contribution is 2.36. The summed E-state index contributed by atoms with van der Waals surface area (Å²) in [5, 5.41) is 5.98. The van der Waals surface area contributed by atoms with Crippen LogP contribution in [-0.4, -0.2) is 62.9 Å². The number of aliphatic imine (C=N–C) groups is 1. The van der Waals surface area contributed by atoms with Crippen LogP contribution in [-0.2, 0) is 24.8 Å². The van der Waals surface area contributed by atoms with Gasteiger partial charge in [0.05, 0.1) is 18.1 Å². The molecular weight excluding hydrogens is 464 g/mol. The van der Waals surface area contributed by atoms with Gasteiger partial charge in [-0.05, 0) is 55.9 Å². The molecule has 0 spiro atoms. The first-order chi connectivity index (χ1) is 15.6. The summed E-state index contributed by atoms with van der Waals surface area (Å²) in [6.07, 6.45) is 6.02. The topological polar surface area (TPSA) is 125 Å². The van der Waals surface area contributed by atoms with Crippen molar-refractivity contribution in [2.45, 2.75) is 51.5 Å². The van der Waals surface area contributed by atoms with Gasteiger partial charge >= 0.3 is 0 Å². The summed E-state index contributed by atoms with van der Waals surface area (Å²) >= 11 is 0. The van der Waals surface area contributed by atoms with Crippen LogP contribution in [0.1, 0.15) is 56.6 Å². The SMILES string of the molecule is CCN1S(=O)(=O)CC(c2ccc(NC(=O)C3=NCC(C)N3)c(C3=CCCCC3)c2)CS1(=O)=O. The number of anilines is 1. The molecule has 1 amide bonds. The molecule has 3 aliphatic rings. The number of rotatable bonds is 5. The molecule has 1 atom stereocenters. The van der Waals surface area contributed by atoms with Crippen LogP contribution >= 0.6 is 0 Å². The van der Waals surface area contributed by atoms with Crippen LogP contribution in [0, 0.1) is 0 Å². The molecular formula is C22H30N4O5S2. The molecule has 1 unspecified atom stereocenters. The maximum atomic E-state index is 12.7. The van der Waals surface area contributed by atoms with Gasteiger partial charge in [-0.25, -0.2) is 16.8 Å². The Bertz CT molecular complexity index is 1190. The number of amides is 1. The van der Waals surface area contributed by atoms with E-state index in [2.05, 4.69) is 21.7 Å². The van der Waals surface area contributed by atoms with E-state index >= 15 is 0 Å². The highest BCUT2D eigenvalue weighted by atomic mass is 32.3. The monoisotopic (exact) mass is 494 g/mol. The number of hydrogen-bond acceptors (Lipinski definition) is 7. The average molecular weight is 495 g/mol. The van der Waals surface area contributed by atoms with Crippen molar-refractivity contribution in [1.29, 1.82) is 0 Å². The van der Waals surface area contributed by atoms with Crippen LogP contribution in [0.4, 0.5) is 5.69 Å². The Balaban J connectivity index is 1.68. The van der Waals surface area contributed by atoms with Gasteiger partial charge in [-0.3, -0.25) is 9.79 Å². The van der Waals surface area contributed by atoms with E-state index in [1.165, 1.54) is 6.92 Å². The molecule has 4 rings (SSSR count). The van der Waals surface area contributed by atoms with Crippen LogP contribution in [0.25, 0.3) is 5.57 Å². The van der Waals surface area contributed by atoms with Crippen molar-refractivity contribution >= 4 is 43.0 Å². The van der Waals surface area contributed by atoms with Gasteiger partial charge in [0.15, 0.2) is 5.84 Å². The van der Waals surface area contributed by atoms with Crippen molar-refractivity contribution in [3.05, 3.63) is 35.4 Å². The fourth-order valence-corrected chi connectivity index (χ4v) is 9.28. The fourth-order valence-electron chi connectivity index (χ4n) is 4.63. The number of nitrogens with one attached hydrogen (secondary N) is 2. The van der Waals surface area contributed by atoms with Crippen LogP contribution in [0.3, 0.4) is 0 Å². The zero-order chi connectivity index (χ0) is 23.8. The predicted molar refractivity (Wildman–Crippen MR) is 129 cm³/mol. The largest absolute Gasteiger partial charge is 0.361 e. The van der Waals surface area contributed by atoms with Crippen molar-refractivity contribution < 1.29 is 21.6 Å². The van der Waals surface area contributed by atoms with Gasteiger partial charge in [0.25, 0.3) is 5.91 Å². The van der Waals surface area contributed by atoms with Gasteiger partial charge in [-0.1, -0.05) is 22.8 Å². The lowest BCUT2D eigenvalue weighted by atomic mass is 9.89. The highest BCUT2D eigenvalue weighted by molar-refractivity contribution is 8.04. The molecule has 2 aliphatic heterocycles. The zero-order valence-corrected chi connectivity index (χ0v) is 20.5. The maximum Gasteiger partial charge on any atom is 0.290 e. The van der Waals surface area contributed by atoms with Crippen molar-refractivity contribution in [2.24, 2.45) is 4.99 Å². The molecule has 1 fully saturated rings.